The predicted octanol–water partition coefficient (Wildman–Crippen LogP) is 4.65. The lowest BCUT2D eigenvalue weighted by Crippen LogP contribution is -2.58. The van der Waals surface area contributed by atoms with Gasteiger partial charge in [-0.15, -0.1) is 0 Å². The zero-order valence-electron chi connectivity index (χ0n) is 16.9. The van der Waals surface area contributed by atoms with E-state index in [9.17, 15) is 30.8 Å². The number of hydrogen-bond donors (Lipinski definition) is 2. The third-order valence-corrected chi connectivity index (χ3v) is 7.16. The summed E-state index contributed by atoms with van der Waals surface area (Å²) >= 11 is 0. The number of rotatable bonds is 7. The Kier molecular flexibility index (Phi) is 5.85. The van der Waals surface area contributed by atoms with E-state index in [-0.39, 0.29) is 30.5 Å². The van der Waals surface area contributed by atoms with Crippen LogP contribution in [0.1, 0.15) is 67.8 Å². The summed E-state index contributed by atoms with van der Waals surface area (Å²) < 4.78 is 80.7. The number of anilines is 1. The van der Waals surface area contributed by atoms with Gasteiger partial charge < -0.3 is 5.32 Å². The molecule has 0 aliphatic heterocycles. The first-order valence-electron chi connectivity index (χ1n) is 9.92. The second-order valence-electron chi connectivity index (χ2n) is 8.59. The first kappa shape index (κ1) is 22.8. The molecule has 0 heterocycles. The third kappa shape index (κ3) is 4.43. The molecule has 1 amide bonds. The van der Waals surface area contributed by atoms with Gasteiger partial charge >= 0.3 is 0 Å². The summed E-state index contributed by atoms with van der Waals surface area (Å²) in [5.41, 5.74) is -2.39. The lowest BCUT2D eigenvalue weighted by atomic mass is 9.57. The normalized spacial score (nSPS) is 26.6. The van der Waals surface area contributed by atoms with Gasteiger partial charge in [0, 0.05) is 22.9 Å². The van der Waals surface area contributed by atoms with Gasteiger partial charge in [-0.2, -0.15) is 0 Å². The van der Waals surface area contributed by atoms with E-state index in [1.807, 2.05) is 0 Å². The molecule has 0 atom stereocenters. The van der Waals surface area contributed by atoms with Crippen molar-refractivity contribution < 1.29 is 30.8 Å². The Labute approximate surface area is 173 Å². The predicted molar refractivity (Wildman–Crippen MR) is 105 cm³/mol. The second kappa shape index (κ2) is 7.69. The molecule has 0 spiro atoms. The molecule has 5 nitrogen and oxygen atoms in total. The quantitative estimate of drug-likeness (QED) is 0.594. The Hall–Kier alpha value is -1.84. The number of carbonyl (C=O) groups is 1. The van der Waals surface area contributed by atoms with Crippen LogP contribution in [0.2, 0.25) is 0 Å². The summed E-state index contributed by atoms with van der Waals surface area (Å²) in [7, 11) is -3.75. The summed E-state index contributed by atoms with van der Waals surface area (Å²) in [4.78, 5) is 13.0. The van der Waals surface area contributed by atoms with E-state index in [0.717, 1.165) is 24.5 Å². The van der Waals surface area contributed by atoms with Crippen molar-refractivity contribution in [2.75, 3.05) is 11.0 Å². The van der Waals surface area contributed by atoms with Gasteiger partial charge in [-0.3, -0.25) is 9.52 Å². The van der Waals surface area contributed by atoms with Crippen molar-refractivity contribution in [3.8, 4) is 0 Å². The summed E-state index contributed by atoms with van der Waals surface area (Å²) in [6.45, 7) is 1.31. The number of nitrogens with one attached hydrogen (secondary N) is 2. The molecule has 30 heavy (non-hydrogen) atoms. The van der Waals surface area contributed by atoms with Crippen molar-refractivity contribution in [1.82, 2.24) is 5.32 Å². The first-order chi connectivity index (χ1) is 13.8. The number of benzene rings is 1. The number of hydrogen-bond acceptors (Lipinski definition) is 3. The Morgan fingerprint density at radius 1 is 1.13 bits per heavy atom. The summed E-state index contributed by atoms with van der Waals surface area (Å²) in [6, 6.07) is 3.23. The second-order valence-corrected chi connectivity index (χ2v) is 10.3. The van der Waals surface area contributed by atoms with Gasteiger partial charge in [-0.25, -0.2) is 26.0 Å². The minimum atomic E-state index is -3.75. The molecule has 0 unspecified atom stereocenters. The SMILES string of the molecule is CCC(F)(F)c1ccc(NS(C)(=O)=O)c(C(=O)NC23CCC(C(F)F)(CC2)CC3)c1. The van der Waals surface area contributed by atoms with Gasteiger partial charge in [0.25, 0.3) is 11.8 Å². The van der Waals surface area contributed by atoms with Crippen LogP contribution in [0.4, 0.5) is 23.2 Å². The van der Waals surface area contributed by atoms with Gasteiger partial charge in [0.2, 0.25) is 16.4 Å². The van der Waals surface area contributed by atoms with E-state index in [4.69, 9.17) is 0 Å². The molecular weight excluding hydrogens is 424 g/mol. The maximum Gasteiger partial charge on any atom is 0.273 e. The third-order valence-electron chi connectivity index (χ3n) is 6.57. The van der Waals surface area contributed by atoms with Crippen LogP contribution >= 0.6 is 0 Å². The molecule has 3 aliphatic carbocycles. The lowest BCUT2D eigenvalue weighted by Gasteiger charge is -2.53. The van der Waals surface area contributed by atoms with Crippen molar-refractivity contribution in [3.63, 3.8) is 0 Å². The van der Waals surface area contributed by atoms with Crippen molar-refractivity contribution >= 4 is 21.6 Å². The van der Waals surface area contributed by atoms with Gasteiger partial charge in [-0.05, 0) is 50.7 Å². The molecule has 3 aliphatic rings. The number of carbonyl (C=O) groups excluding carboxylic acids is 1. The fourth-order valence-electron chi connectivity index (χ4n) is 4.49. The van der Waals surface area contributed by atoms with Gasteiger partial charge in [0.1, 0.15) is 0 Å². The van der Waals surface area contributed by atoms with Crippen LogP contribution in [0.25, 0.3) is 0 Å². The topological polar surface area (TPSA) is 75.3 Å². The van der Waals surface area contributed by atoms with E-state index in [1.165, 1.54) is 6.92 Å². The number of sulfonamides is 1. The van der Waals surface area contributed by atoms with Crippen LogP contribution < -0.4 is 10.0 Å². The standard InChI is InChI=1S/C20H26F4N2O3S/c1-3-20(23,24)13-4-5-15(26-30(2,28)29)14(12-13)16(27)25-19-9-6-18(7-10-19,8-11-19)17(21)22/h4-5,12,17,26H,3,6-11H2,1-2H3,(H,25,27). The average molecular weight is 450 g/mol. The van der Waals surface area contributed by atoms with Crippen molar-refractivity contribution in [3.05, 3.63) is 29.3 Å². The molecule has 4 rings (SSSR count). The summed E-state index contributed by atoms with van der Waals surface area (Å²) in [5.74, 6) is -3.87. The van der Waals surface area contributed by atoms with E-state index in [2.05, 4.69) is 10.0 Å². The highest BCUT2D eigenvalue weighted by Crippen LogP contribution is 2.55. The number of alkyl halides is 4. The zero-order valence-corrected chi connectivity index (χ0v) is 17.7. The Morgan fingerprint density at radius 3 is 2.17 bits per heavy atom. The van der Waals surface area contributed by atoms with Crippen molar-refractivity contribution in [1.29, 1.82) is 0 Å². The highest BCUT2D eigenvalue weighted by atomic mass is 32.2. The Balaban J connectivity index is 1.90. The number of fused-ring (bicyclic) bond motifs is 3. The molecule has 3 fully saturated rings. The first-order valence-corrected chi connectivity index (χ1v) is 11.8. The number of halogens is 4. The van der Waals surface area contributed by atoms with Crippen molar-refractivity contribution in [2.45, 2.75) is 69.8 Å². The fraction of sp³-hybridized carbons (Fsp3) is 0.650. The molecule has 168 valence electrons. The molecule has 0 aromatic heterocycles. The molecule has 0 radical (unpaired) electrons. The zero-order chi connectivity index (χ0) is 22.4. The monoisotopic (exact) mass is 450 g/mol. The van der Waals surface area contributed by atoms with Crippen LogP contribution in [0.3, 0.4) is 0 Å². The van der Waals surface area contributed by atoms with Gasteiger partial charge in [0.05, 0.1) is 17.5 Å². The smallest absolute Gasteiger partial charge is 0.273 e. The molecule has 0 saturated heterocycles. The van der Waals surface area contributed by atoms with Crippen LogP contribution in [0, 0.1) is 5.41 Å². The largest absolute Gasteiger partial charge is 0.347 e. The minimum absolute atomic E-state index is 0.101. The van der Waals surface area contributed by atoms with Crippen LogP contribution in [-0.4, -0.2) is 32.5 Å². The van der Waals surface area contributed by atoms with Gasteiger partial charge in [-0.1, -0.05) is 13.0 Å². The lowest BCUT2D eigenvalue weighted by molar-refractivity contribution is -0.0872. The van der Waals surface area contributed by atoms with E-state index >= 15 is 0 Å². The minimum Gasteiger partial charge on any atom is -0.347 e. The Bertz CT molecular complexity index is 909. The van der Waals surface area contributed by atoms with Crippen LogP contribution in [0.15, 0.2) is 18.2 Å². The van der Waals surface area contributed by atoms with Crippen LogP contribution in [-0.2, 0) is 15.9 Å². The highest BCUT2D eigenvalue weighted by molar-refractivity contribution is 7.92. The van der Waals surface area contributed by atoms with Crippen molar-refractivity contribution in [2.24, 2.45) is 5.41 Å². The van der Waals surface area contributed by atoms with Crippen LogP contribution in [0.5, 0.6) is 0 Å². The molecule has 2 bridgehead atoms. The number of amides is 1. The highest BCUT2D eigenvalue weighted by Gasteiger charge is 2.53. The average Bonchev–Trinajstić information content (AvgIpc) is 2.68. The van der Waals surface area contributed by atoms with Gasteiger partial charge in [0.15, 0.2) is 0 Å². The summed E-state index contributed by atoms with van der Waals surface area (Å²) in [6.07, 6.45) is -0.00637. The molecule has 10 heteroatoms. The van der Waals surface area contributed by atoms with E-state index in [0.29, 0.717) is 19.3 Å². The summed E-state index contributed by atoms with van der Waals surface area (Å²) in [5, 5.41) is 2.85. The van der Waals surface area contributed by atoms with E-state index in [1.54, 1.807) is 0 Å². The van der Waals surface area contributed by atoms with E-state index < -0.39 is 51.2 Å². The Morgan fingerprint density at radius 2 is 1.70 bits per heavy atom. The molecule has 1 aromatic carbocycles. The fourth-order valence-corrected chi connectivity index (χ4v) is 5.07. The molecular formula is C20H26F4N2O3S. The maximum atomic E-state index is 14.2. The molecule has 2 N–H and O–H groups in total. The molecule has 1 aromatic rings. The maximum absolute atomic E-state index is 14.2. The molecule has 3 saturated carbocycles.